The Morgan fingerprint density at radius 2 is 1.39 bits per heavy atom. The van der Waals surface area contributed by atoms with Gasteiger partial charge in [-0.25, -0.2) is 8.42 Å². The molecular weight excluding hydrogens is 542 g/mol. The molecule has 0 aliphatic rings. The zero-order chi connectivity index (χ0) is 30.2. The summed E-state index contributed by atoms with van der Waals surface area (Å²) >= 11 is 0. The molecule has 0 saturated carbocycles. The fourth-order valence-electron chi connectivity index (χ4n) is 4.09. The van der Waals surface area contributed by atoms with Crippen molar-refractivity contribution in [1.29, 1.82) is 0 Å². The molecule has 2 atom stereocenters. The molecule has 3 aromatic carbocycles. The van der Waals surface area contributed by atoms with E-state index in [-0.39, 0.29) is 23.4 Å². The zero-order valence-corrected chi connectivity index (χ0v) is 25.3. The Labute approximate surface area is 243 Å². The van der Waals surface area contributed by atoms with E-state index in [4.69, 9.17) is 9.47 Å². The minimum Gasteiger partial charge on any atom is -0.497 e. The summed E-state index contributed by atoms with van der Waals surface area (Å²) in [6.07, 6.45) is 0.727. The molecule has 3 aromatic rings. The van der Waals surface area contributed by atoms with Crippen LogP contribution in [0.4, 0.5) is 5.69 Å². The van der Waals surface area contributed by atoms with E-state index < -0.39 is 28.5 Å². The number of amides is 2. The Kier molecular flexibility index (Phi) is 10.8. The van der Waals surface area contributed by atoms with Crippen LogP contribution in [0.1, 0.15) is 38.3 Å². The Hall–Kier alpha value is -4.05. The third-order valence-electron chi connectivity index (χ3n) is 6.93. The summed E-state index contributed by atoms with van der Waals surface area (Å²) in [4.78, 5) is 28.6. The number of sulfonamides is 1. The first-order valence-corrected chi connectivity index (χ1v) is 14.9. The minimum absolute atomic E-state index is 0.0518. The van der Waals surface area contributed by atoms with Gasteiger partial charge in [-0.2, -0.15) is 0 Å². The van der Waals surface area contributed by atoms with E-state index in [0.29, 0.717) is 17.2 Å². The standard InChI is InChI=1S/C31H39N3O6S/c1-7-23(3)32-31(36)24(4)33(20-25-10-14-27(39-5)15-11-25)30(35)21-34(26-12-16-28(40-6)17-13-26)41(37,38)29-18-8-22(2)9-19-29/h8-19,23-24H,7,20-21H2,1-6H3,(H,32,36)/t23-,24-/m0/s1. The van der Waals surface area contributed by atoms with Crippen LogP contribution in [0.5, 0.6) is 11.5 Å². The molecule has 0 fully saturated rings. The number of nitrogens with zero attached hydrogens (tertiary/aromatic N) is 2. The molecule has 0 aliphatic heterocycles. The van der Waals surface area contributed by atoms with Crippen LogP contribution in [0.15, 0.2) is 77.7 Å². The summed E-state index contributed by atoms with van der Waals surface area (Å²) in [5, 5.41) is 2.93. The highest BCUT2D eigenvalue weighted by molar-refractivity contribution is 7.92. The van der Waals surface area contributed by atoms with Crippen molar-refractivity contribution in [3.05, 3.63) is 83.9 Å². The summed E-state index contributed by atoms with van der Waals surface area (Å²) in [7, 11) is -1.06. The van der Waals surface area contributed by atoms with Gasteiger partial charge in [0.05, 0.1) is 24.8 Å². The van der Waals surface area contributed by atoms with Gasteiger partial charge < -0.3 is 19.7 Å². The first-order valence-electron chi connectivity index (χ1n) is 13.5. The Morgan fingerprint density at radius 3 is 1.90 bits per heavy atom. The minimum atomic E-state index is -4.14. The average molecular weight is 582 g/mol. The van der Waals surface area contributed by atoms with Crippen LogP contribution < -0.4 is 19.1 Å². The fourth-order valence-corrected chi connectivity index (χ4v) is 5.50. The maximum atomic E-state index is 14.0. The summed E-state index contributed by atoms with van der Waals surface area (Å²) in [5.74, 6) is 0.353. The number of benzene rings is 3. The Balaban J connectivity index is 2.02. The molecule has 9 nitrogen and oxygen atoms in total. The maximum Gasteiger partial charge on any atom is 0.264 e. The van der Waals surface area contributed by atoms with E-state index in [1.165, 1.54) is 24.1 Å². The lowest BCUT2D eigenvalue weighted by atomic mass is 10.1. The largest absolute Gasteiger partial charge is 0.497 e. The van der Waals surface area contributed by atoms with Crippen LogP contribution in [-0.4, -0.2) is 58.0 Å². The van der Waals surface area contributed by atoms with Crippen molar-refractivity contribution >= 4 is 27.5 Å². The highest BCUT2D eigenvalue weighted by atomic mass is 32.2. The first kappa shape index (κ1) is 31.5. The number of hydrogen-bond acceptors (Lipinski definition) is 6. The molecule has 2 amide bonds. The van der Waals surface area contributed by atoms with Gasteiger partial charge in [-0.3, -0.25) is 13.9 Å². The van der Waals surface area contributed by atoms with Crippen LogP contribution in [0, 0.1) is 6.92 Å². The van der Waals surface area contributed by atoms with Crippen molar-refractivity contribution in [2.24, 2.45) is 0 Å². The number of carbonyl (C=O) groups excluding carboxylic acids is 2. The molecule has 0 unspecified atom stereocenters. The van der Waals surface area contributed by atoms with E-state index in [9.17, 15) is 18.0 Å². The van der Waals surface area contributed by atoms with E-state index in [2.05, 4.69) is 5.32 Å². The van der Waals surface area contributed by atoms with Crippen LogP contribution in [0.2, 0.25) is 0 Å². The molecule has 0 spiro atoms. The maximum absolute atomic E-state index is 14.0. The van der Waals surface area contributed by atoms with Gasteiger partial charge >= 0.3 is 0 Å². The molecule has 10 heteroatoms. The van der Waals surface area contributed by atoms with Gasteiger partial charge in [-0.1, -0.05) is 36.8 Å². The van der Waals surface area contributed by atoms with Crippen molar-refractivity contribution in [2.45, 2.75) is 57.6 Å². The van der Waals surface area contributed by atoms with Gasteiger partial charge in [-0.15, -0.1) is 0 Å². The van der Waals surface area contributed by atoms with Crippen molar-refractivity contribution < 1.29 is 27.5 Å². The second-order valence-corrected chi connectivity index (χ2v) is 11.7. The zero-order valence-electron chi connectivity index (χ0n) is 24.5. The Morgan fingerprint density at radius 1 is 0.854 bits per heavy atom. The SMILES string of the molecule is CC[C@H](C)NC(=O)[C@H](C)N(Cc1ccc(OC)cc1)C(=O)CN(c1ccc(OC)cc1)S(=O)(=O)c1ccc(C)cc1. The van der Waals surface area contributed by atoms with E-state index in [0.717, 1.165) is 21.9 Å². The number of anilines is 1. The number of aryl methyl sites for hydroxylation is 1. The predicted octanol–water partition coefficient (Wildman–Crippen LogP) is 4.54. The highest BCUT2D eigenvalue weighted by Gasteiger charge is 2.32. The number of hydrogen-bond donors (Lipinski definition) is 1. The normalized spacial score (nSPS) is 12.6. The van der Waals surface area contributed by atoms with Gasteiger partial charge in [0.15, 0.2) is 0 Å². The van der Waals surface area contributed by atoms with Crippen molar-refractivity contribution in [1.82, 2.24) is 10.2 Å². The summed E-state index contributed by atoms with van der Waals surface area (Å²) < 4.78 is 39.4. The van der Waals surface area contributed by atoms with Gasteiger partial charge in [0, 0.05) is 12.6 Å². The molecule has 0 saturated heterocycles. The van der Waals surface area contributed by atoms with Crippen LogP contribution in [0.3, 0.4) is 0 Å². The lowest BCUT2D eigenvalue weighted by Crippen LogP contribution is -2.52. The smallest absolute Gasteiger partial charge is 0.264 e. The molecule has 0 radical (unpaired) electrons. The average Bonchev–Trinajstić information content (AvgIpc) is 2.98. The molecule has 0 aromatic heterocycles. The molecule has 0 bridgehead atoms. The molecule has 41 heavy (non-hydrogen) atoms. The number of rotatable bonds is 13. The quantitative estimate of drug-likeness (QED) is 0.318. The molecule has 0 aliphatic carbocycles. The molecule has 220 valence electrons. The van der Waals surface area contributed by atoms with Gasteiger partial charge in [0.25, 0.3) is 10.0 Å². The van der Waals surface area contributed by atoms with Gasteiger partial charge in [-0.05, 0) is 81.3 Å². The third kappa shape index (κ3) is 8.00. The van der Waals surface area contributed by atoms with Gasteiger partial charge in [0.2, 0.25) is 11.8 Å². The fraction of sp³-hybridized carbons (Fsp3) is 0.355. The summed E-state index contributed by atoms with van der Waals surface area (Å²) in [5.41, 5.74) is 1.96. The third-order valence-corrected chi connectivity index (χ3v) is 8.72. The monoisotopic (exact) mass is 581 g/mol. The van der Waals surface area contributed by atoms with Crippen LogP contribution >= 0.6 is 0 Å². The Bertz CT molecular complexity index is 1410. The number of methoxy groups -OCH3 is 2. The second kappa shape index (κ2) is 14.0. The summed E-state index contributed by atoms with van der Waals surface area (Å²) in [6.45, 7) is 6.94. The molecular formula is C31H39N3O6S. The van der Waals surface area contributed by atoms with Crippen LogP contribution in [0.25, 0.3) is 0 Å². The number of ether oxygens (including phenoxy) is 2. The summed E-state index contributed by atoms with van der Waals surface area (Å²) in [6, 6.07) is 19.1. The van der Waals surface area contributed by atoms with E-state index >= 15 is 0 Å². The number of carbonyl (C=O) groups is 2. The van der Waals surface area contributed by atoms with E-state index in [1.807, 2.05) is 32.9 Å². The van der Waals surface area contributed by atoms with Crippen molar-refractivity contribution in [3.8, 4) is 11.5 Å². The van der Waals surface area contributed by atoms with Crippen molar-refractivity contribution in [3.63, 3.8) is 0 Å². The molecule has 3 rings (SSSR count). The second-order valence-electron chi connectivity index (χ2n) is 9.89. The lowest BCUT2D eigenvalue weighted by molar-refractivity contribution is -0.139. The lowest BCUT2D eigenvalue weighted by Gasteiger charge is -2.32. The van der Waals surface area contributed by atoms with E-state index in [1.54, 1.807) is 62.6 Å². The predicted molar refractivity (Wildman–Crippen MR) is 160 cm³/mol. The van der Waals surface area contributed by atoms with Crippen molar-refractivity contribution in [2.75, 3.05) is 25.1 Å². The first-order chi connectivity index (χ1) is 19.5. The highest BCUT2D eigenvalue weighted by Crippen LogP contribution is 2.27. The molecule has 1 N–H and O–H groups in total. The topological polar surface area (TPSA) is 105 Å². The molecule has 0 heterocycles. The van der Waals surface area contributed by atoms with Crippen LogP contribution in [-0.2, 0) is 26.2 Å². The number of nitrogens with one attached hydrogen (secondary N) is 1. The van der Waals surface area contributed by atoms with Gasteiger partial charge in [0.1, 0.15) is 24.1 Å².